The molecule has 2 aromatic heterocycles. The summed E-state index contributed by atoms with van der Waals surface area (Å²) in [5.74, 6) is 1.17. The maximum absolute atomic E-state index is 12.6. The monoisotopic (exact) mass is 537 g/mol. The summed E-state index contributed by atoms with van der Waals surface area (Å²) in [5.41, 5.74) is 3.41. The fourth-order valence-corrected chi connectivity index (χ4v) is 4.08. The molecule has 0 saturated carbocycles. The van der Waals surface area contributed by atoms with Crippen LogP contribution in [0.5, 0.6) is 5.75 Å². The van der Waals surface area contributed by atoms with Gasteiger partial charge in [0.15, 0.2) is 16.5 Å². The molecule has 1 amide bonds. The fourth-order valence-electron chi connectivity index (χ4n) is 3.48. The molecule has 2 heterocycles. The van der Waals surface area contributed by atoms with Gasteiger partial charge < -0.3 is 18.9 Å². The summed E-state index contributed by atoms with van der Waals surface area (Å²) in [6.45, 7) is 0. The molecule has 0 spiro atoms. The van der Waals surface area contributed by atoms with Gasteiger partial charge in [-0.1, -0.05) is 29.3 Å². The van der Waals surface area contributed by atoms with Crippen molar-refractivity contribution < 1.29 is 18.4 Å². The first-order valence-corrected chi connectivity index (χ1v) is 11.8. The van der Waals surface area contributed by atoms with Crippen molar-refractivity contribution in [2.45, 2.75) is 0 Å². The van der Waals surface area contributed by atoms with Crippen LogP contribution in [0, 0.1) is 0 Å². The van der Waals surface area contributed by atoms with E-state index >= 15 is 0 Å². The van der Waals surface area contributed by atoms with Gasteiger partial charge in [0.1, 0.15) is 17.0 Å². The largest absolute Gasteiger partial charge is 0.497 e. The fraction of sp³-hybridized carbons (Fsp3) is 0.0385. The highest BCUT2D eigenvalue weighted by molar-refractivity contribution is 7.80. The second kappa shape index (κ2) is 10.0. The lowest BCUT2D eigenvalue weighted by Crippen LogP contribution is -2.33. The number of benzene rings is 3. The lowest BCUT2D eigenvalue weighted by molar-refractivity contribution is 0.0951. The molecule has 2 N–H and O–H groups in total. The number of halogens is 2. The molecule has 0 unspecified atom stereocenters. The standard InChI is InChI=1S/C26H17Cl2N3O4S/c1-33-16-9-10-21-19(13-16)30-25(35-21)14-5-7-15(8-6-14)29-26(36)31-24(32)22-12-11-20(34-22)17-3-2-4-18(27)23(17)28/h2-13H,1H3,(H2,29,31,32,36). The Morgan fingerprint density at radius 1 is 1.00 bits per heavy atom. The van der Waals surface area contributed by atoms with Gasteiger partial charge in [0.25, 0.3) is 5.91 Å². The van der Waals surface area contributed by atoms with E-state index in [9.17, 15) is 4.79 Å². The van der Waals surface area contributed by atoms with Crippen LogP contribution in [-0.2, 0) is 0 Å². The number of aromatic nitrogens is 1. The number of thiocarbonyl (C=S) groups is 1. The number of hydrogen-bond donors (Lipinski definition) is 2. The molecule has 0 bridgehead atoms. The molecule has 3 aromatic carbocycles. The quantitative estimate of drug-likeness (QED) is 0.229. The van der Waals surface area contributed by atoms with Crippen LogP contribution >= 0.6 is 35.4 Å². The van der Waals surface area contributed by atoms with Crippen LogP contribution in [0.1, 0.15) is 10.6 Å². The zero-order valence-corrected chi connectivity index (χ0v) is 21.0. The van der Waals surface area contributed by atoms with Crippen LogP contribution in [-0.4, -0.2) is 23.1 Å². The molecule has 0 aliphatic rings. The molecule has 0 fully saturated rings. The van der Waals surface area contributed by atoms with E-state index < -0.39 is 5.91 Å². The zero-order chi connectivity index (χ0) is 25.2. The van der Waals surface area contributed by atoms with Gasteiger partial charge >= 0.3 is 0 Å². The predicted octanol–water partition coefficient (Wildman–Crippen LogP) is 7.20. The lowest BCUT2D eigenvalue weighted by Gasteiger charge is -2.09. The van der Waals surface area contributed by atoms with E-state index in [4.69, 9.17) is 49.0 Å². The number of rotatable bonds is 5. The smallest absolute Gasteiger partial charge is 0.293 e. The number of amides is 1. The Hall–Kier alpha value is -3.85. The maximum Gasteiger partial charge on any atom is 0.293 e. The Bertz CT molecular complexity index is 1590. The molecular formula is C26H17Cl2N3O4S. The van der Waals surface area contributed by atoms with E-state index in [1.54, 1.807) is 43.5 Å². The molecule has 0 aliphatic heterocycles. The van der Waals surface area contributed by atoms with E-state index in [1.807, 2.05) is 30.3 Å². The second-order valence-electron chi connectivity index (χ2n) is 7.60. The summed E-state index contributed by atoms with van der Waals surface area (Å²) in [7, 11) is 1.60. The minimum atomic E-state index is -0.504. The van der Waals surface area contributed by atoms with Crippen LogP contribution in [0.3, 0.4) is 0 Å². The minimum Gasteiger partial charge on any atom is -0.497 e. The first-order valence-electron chi connectivity index (χ1n) is 10.6. The Labute approximate surface area is 221 Å². The highest BCUT2D eigenvalue weighted by Crippen LogP contribution is 2.34. The molecule has 0 atom stereocenters. The molecule has 180 valence electrons. The molecule has 10 heteroatoms. The number of carbonyl (C=O) groups excluding carboxylic acids is 1. The summed E-state index contributed by atoms with van der Waals surface area (Å²) in [5, 5.41) is 6.42. The summed E-state index contributed by atoms with van der Waals surface area (Å²) in [6, 6.07) is 21.1. The topological polar surface area (TPSA) is 89.5 Å². The van der Waals surface area contributed by atoms with Crippen LogP contribution in [0.25, 0.3) is 33.9 Å². The second-order valence-corrected chi connectivity index (χ2v) is 8.80. The number of nitrogens with zero attached hydrogens (tertiary/aromatic N) is 1. The highest BCUT2D eigenvalue weighted by atomic mass is 35.5. The lowest BCUT2D eigenvalue weighted by atomic mass is 10.2. The van der Waals surface area contributed by atoms with Gasteiger partial charge in [-0.3, -0.25) is 10.1 Å². The number of carbonyl (C=O) groups is 1. The van der Waals surface area contributed by atoms with Gasteiger partial charge in [-0.15, -0.1) is 0 Å². The Balaban J connectivity index is 1.23. The maximum atomic E-state index is 12.6. The molecule has 36 heavy (non-hydrogen) atoms. The Morgan fingerprint density at radius 3 is 2.58 bits per heavy atom. The molecular weight excluding hydrogens is 521 g/mol. The van der Waals surface area contributed by atoms with Crippen molar-refractivity contribution in [3.63, 3.8) is 0 Å². The first-order chi connectivity index (χ1) is 17.4. The molecule has 5 rings (SSSR count). The van der Waals surface area contributed by atoms with E-state index in [0.717, 1.165) is 5.56 Å². The number of ether oxygens (including phenoxy) is 1. The van der Waals surface area contributed by atoms with Gasteiger partial charge in [0.05, 0.1) is 17.2 Å². The third-order valence-corrected chi connectivity index (χ3v) is 6.28. The molecule has 7 nitrogen and oxygen atoms in total. The Morgan fingerprint density at radius 2 is 1.81 bits per heavy atom. The van der Waals surface area contributed by atoms with Crippen molar-refractivity contribution in [1.82, 2.24) is 10.3 Å². The third kappa shape index (κ3) is 4.92. The van der Waals surface area contributed by atoms with Gasteiger partial charge in [-0.05, 0) is 72.9 Å². The number of methoxy groups -OCH3 is 1. The van der Waals surface area contributed by atoms with Crippen LogP contribution in [0.4, 0.5) is 5.69 Å². The average molecular weight is 538 g/mol. The highest BCUT2D eigenvalue weighted by Gasteiger charge is 2.16. The van der Waals surface area contributed by atoms with Gasteiger partial charge in [0, 0.05) is 22.9 Å². The van der Waals surface area contributed by atoms with Crippen molar-refractivity contribution in [1.29, 1.82) is 0 Å². The summed E-state index contributed by atoms with van der Waals surface area (Å²) < 4.78 is 16.7. The van der Waals surface area contributed by atoms with E-state index in [0.29, 0.717) is 49.8 Å². The normalized spacial score (nSPS) is 10.9. The molecule has 0 radical (unpaired) electrons. The number of anilines is 1. The first kappa shape index (κ1) is 23.9. The number of nitrogens with one attached hydrogen (secondary N) is 2. The molecule has 0 saturated heterocycles. The average Bonchev–Trinajstić information content (AvgIpc) is 3.53. The Kier molecular flexibility index (Phi) is 6.65. The minimum absolute atomic E-state index is 0.0770. The number of fused-ring (bicyclic) bond motifs is 1. The number of furan rings is 1. The van der Waals surface area contributed by atoms with E-state index in [2.05, 4.69) is 15.6 Å². The van der Waals surface area contributed by atoms with E-state index in [-0.39, 0.29) is 10.9 Å². The van der Waals surface area contributed by atoms with Crippen molar-refractivity contribution in [3.8, 4) is 28.5 Å². The molecule has 0 aliphatic carbocycles. The number of hydrogen-bond acceptors (Lipinski definition) is 6. The SMILES string of the molecule is COc1ccc2oc(-c3ccc(NC(=S)NC(=O)c4ccc(-c5cccc(Cl)c5Cl)o4)cc3)nc2c1. The van der Waals surface area contributed by atoms with Crippen LogP contribution in [0.15, 0.2) is 81.6 Å². The number of oxazole rings is 1. The van der Waals surface area contributed by atoms with E-state index in [1.165, 1.54) is 6.07 Å². The summed E-state index contributed by atoms with van der Waals surface area (Å²) in [6.07, 6.45) is 0. The van der Waals surface area contributed by atoms with Crippen LogP contribution in [0.2, 0.25) is 10.0 Å². The zero-order valence-electron chi connectivity index (χ0n) is 18.7. The third-order valence-electron chi connectivity index (χ3n) is 5.26. The van der Waals surface area contributed by atoms with Crippen molar-refractivity contribution >= 4 is 63.2 Å². The molecule has 5 aromatic rings. The summed E-state index contributed by atoms with van der Waals surface area (Å²) in [4.78, 5) is 17.1. The van der Waals surface area contributed by atoms with Crippen molar-refractivity contribution in [2.24, 2.45) is 0 Å². The summed E-state index contributed by atoms with van der Waals surface area (Å²) >= 11 is 17.6. The van der Waals surface area contributed by atoms with Crippen molar-refractivity contribution in [2.75, 3.05) is 12.4 Å². The predicted molar refractivity (Wildman–Crippen MR) is 144 cm³/mol. The van der Waals surface area contributed by atoms with Crippen molar-refractivity contribution in [3.05, 3.63) is 88.6 Å². The van der Waals surface area contributed by atoms with Gasteiger partial charge in [-0.25, -0.2) is 4.98 Å². The van der Waals surface area contributed by atoms with Crippen LogP contribution < -0.4 is 15.4 Å². The van der Waals surface area contributed by atoms with Gasteiger partial charge in [-0.2, -0.15) is 0 Å². The van der Waals surface area contributed by atoms with Gasteiger partial charge in [0.2, 0.25) is 5.89 Å².